The molecule has 2 aliphatic rings. The van der Waals surface area contributed by atoms with E-state index in [0.29, 0.717) is 11.4 Å². The molecule has 2 aliphatic heterocycles. The van der Waals surface area contributed by atoms with Crippen LogP contribution in [0.15, 0.2) is 24.3 Å². The number of ether oxygens (including phenoxy) is 4. The summed E-state index contributed by atoms with van der Waals surface area (Å²) in [6, 6.07) is 3.85. The number of benzene rings is 1. The quantitative estimate of drug-likeness (QED) is 0.293. The van der Waals surface area contributed by atoms with Gasteiger partial charge in [0.05, 0.1) is 26.4 Å². The molecule has 3 rings (SSSR count). The Morgan fingerprint density at radius 1 is 0.562 bits per heavy atom. The summed E-state index contributed by atoms with van der Waals surface area (Å²) < 4.78 is 20.3. The zero-order valence-corrected chi connectivity index (χ0v) is 18.6. The Hall–Kier alpha value is -3.30. The van der Waals surface area contributed by atoms with Gasteiger partial charge in [0.1, 0.15) is 0 Å². The Balaban J connectivity index is 1.78. The molecule has 0 radical (unpaired) electrons. The van der Waals surface area contributed by atoms with Crippen molar-refractivity contribution in [3.8, 4) is 0 Å². The first-order valence-corrected chi connectivity index (χ1v) is 10.7. The Labute approximate surface area is 186 Å². The van der Waals surface area contributed by atoms with Crippen molar-refractivity contribution in [2.24, 2.45) is 0 Å². The standard InChI is InChI=1S/C22H28N2O8/c1-5-29-19(25)15-16(20(26)30-6-2)23(15)13-9-11-14(12-10-13)24-17(21(27)31-7-3)18(24)22(28)32-8-4/h9-12,15-18H,5-8H2,1-4H3/t15-,16+,17-,18+,23?,24?. The molecule has 0 bridgehead atoms. The van der Waals surface area contributed by atoms with Crippen LogP contribution in [0.3, 0.4) is 0 Å². The van der Waals surface area contributed by atoms with Crippen LogP contribution in [0.1, 0.15) is 27.7 Å². The van der Waals surface area contributed by atoms with Gasteiger partial charge in [0, 0.05) is 11.4 Å². The number of esters is 4. The van der Waals surface area contributed by atoms with E-state index >= 15 is 0 Å². The van der Waals surface area contributed by atoms with Gasteiger partial charge < -0.3 is 28.7 Å². The van der Waals surface area contributed by atoms with E-state index in [1.165, 1.54) is 0 Å². The topological polar surface area (TPSA) is 111 Å². The van der Waals surface area contributed by atoms with Crippen LogP contribution in [0.4, 0.5) is 11.4 Å². The van der Waals surface area contributed by atoms with Crippen LogP contribution in [-0.2, 0) is 38.1 Å². The molecule has 0 saturated carbocycles. The van der Waals surface area contributed by atoms with E-state index in [9.17, 15) is 19.2 Å². The molecule has 0 unspecified atom stereocenters. The Morgan fingerprint density at radius 3 is 0.969 bits per heavy atom. The lowest BCUT2D eigenvalue weighted by Gasteiger charge is -2.10. The van der Waals surface area contributed by atoms with E-state index in [-0.39, 0.29) is 26.4 Å². The fourth-order valence-electron chi connectivity index (χ4n) is 3.78. The van der Waals surface area contributed by atoms with Crippen LogP contribution in [-0.4, -0.2) is 74.5 Å². The fourth-order valence-corrected chi connectivity index (χ4v) is 3.78. The average Bonchev–Trinajstić information content (AvgIpc) is 3.66. The van der Waals surface area contributed by atoms with Gasteiger partial charge in [-0.15, -0.1) is 0 Å². The van der Waals surface area contributed by atoms with Crippen molar-refractivity contribution >= 4 is 35.3 Å². The molecule has 2 fully saturated rings. The van der Waals surface area contributed by atoms with E-state index in [2.05, 4.69) is 0 Å². The molecule has 2 saturated heterocycles. The third-order valence-corrected chi connectivity index (χ3v) is 5.18. The summed E-state index contributed by atoms with van der Waals surface area (Å²) in [5.74, 6) is -1.98. The highest BCUT2D eigenvalue weighted by Gasteiger charge is 2.60. The van der Waals surface area contributed by atoms with Crippen molar-refractivity contribution in [3.63, 3.8) is 0 Å². The number of nitrogens with zero attached hydrogens (tertiary/aromatic N) is 2. The van der Waals surface area contributed by atoms with Crippen molar-refractivity contribution in [3.05, 3.63) is 24.3 Å². The van der Waals surface area contributed by atoms with Crippen LogP contribution < -0.4 is 9.80 Å². The van der Waals surface area contributed by atoms with Crippen molar-refractivity contribution in [1.29, 1.82) is 0 Å². The maximum Gasteiger partial charge on any atom is 0.331 e. The van der Waals surface area contributed by atoms with Gasteiger partial charge in [-0.2, -0.15) is 0 Å². The van der Waals surface area contributed by atoms with Gasteiger partial charge in [0.15, 0.2) is 24.2 Å². The van der Waals surface area contributed by atoms with Crippen LogP contribution in [0, 0.1) is 0 Å². The Morgan fingerprint density at radius 2 is 0.781 bits per heavy atom. The summed E-state index contributed by atoms with van der Waals surface area (Å²) in [5.41, 5.74) is 1.24. The minimum atomic E-state index is -0.749. The lowest BCUT2D eigenvalue weighted by molar-refractivity contribution is -0.147. The first-order chi connectivity index (χ1) is 15.4. The predicted molar refractivity (Wildman–Crippen MR) is 113 cm³/mol. The zero-order chi connectivity index (χ0) is 23.4. The summed E-state index contributed by atoms with van der Waals surface area (Å²) in [7, 11) is 0. The van der Waals surface area contributed by atoms with Gasteiger partial charge in [-0.3, -0.25) is 0 Å². The van der Waals surface area contributed by atoms with Crippen molar-refractivity contribution in [2.75, 3.05) is 36.2 Å². The second-order valence-electron chi connectivity index (χ2n) is 7.12. The van der Waals surface area contributed by atoms with E-state index < -0.39 is 48.0 Å². The SMILES string of the molecule is CCOC(=O)[C@@H]1[C@H](C(=O)OCC)N1c1ccc(N2[C@H](C(=O)OCC)[C@@H]2C(=O)OCC)cc1. The third-order valence-electron chi connectivity index (χ3n) is 5.18. The molecule has 0 aliphatic carbocycles. The molecule has 1 aromatic carbocycles. The lowest BCUT2D eigenvalue weighted by atomic mass is 10.2. The van der Waals surface area contributed by atoms with Crippen molar-refractivity contribution in [1.82, 2.24) is 0 Å². The molecule has 174 valence electrons. The molecule has 10 heteroatoms. The van der Waals surface area contributed by atoms with E-state index in [1.807, 2.05) is 0 Å². The Bertz CT molecular complexity index is 752. The zero-order valence-electron chi connectivity index (χ0n) is 18.6. The van der Waals surface area contributed by atoms with Gasteiger partial charge in [0.2, 0.25) is 0 Å². The maximum atomic E-state index is 12.3. The number of hydrogen-bond acceptors (Lipinski definition) is 10. The number of hydrogen-bond donors (Lipinski definition) is 0. The van der Waals surface area contributed by atoms with E-state index in [1.54, 1.807) is 61.8 Å². The molecule has 0 spiro atoms. The molecule has 0 amide bonds. The van der Waals surface area contributed by atoms with Gasteiger partial charge in [0.25, 0.3) is 0 Å². The number of rotatable bonds is 10. The fraction of sp³-hybridized carbons (Fsp3) is 0.545. The predicted octanol–water partition coefficient (Wildman–Crippen LogP) is 1.05. The molecular formula is C22H28N2O8. The van der Waals surface area contributed by atoms with Crippen LogP contribution in [0.5, 0.6) is 0 Å². The van der Waals surface area contributed by atoms with Gasteiger partial charge in [-0.05, 0) is 52.0 Å². The summed E-state index contributed by atoms with van der Waals surface area (Å²) in [5, 5.41) is 0. The van der Waals surface area contributed by atoms with E-state index in [4.69, 9.17) is 18.9 Å². The second kappa shape index (κ2) is 9.88. The highest BCUT2D eigenvalue weighted by Crippen LogP contribution is 2.41. The van der Waals surface area contributed by atoms with Gasteiger partial charge >= 0.3 is 23.9 Å². The van der Waals surface area contributed by atoms with E-state index in [0.717, 1.165) is 0 Å². The summed E-state index contributed by atoms with van der Waals surface area (Å²) in [4.78, 5) is 52.3. The van der Waals surface area contributed by atoms with Crippen LogP contribution in [0.2, 0.25) is 0 Å². The molecule has 1 aromatic rings. The molecule has 2 heterocycles. The van der Waals surface area contributed by atoms with Crippen molar-refractivity contribution < 1.29 is 38.1 Å². The van der Waals surface area contributed by atoms with Gasteiger partial charge in [-0.25, -0.2) is 19.2 Å². The maximum absolute atomic E-state index is 12.3. The monoisotopic (exact) mass is 448 g/mol. The lowest BCUT2D eigenvalue weighted by Crippen LogP contribution is -2.20. The highest BCUT2D eigenvalue weighted by atomic mass is 16.6. The van der Waals surface area contributed by atoms with Crippen LogP contribution >= 0.6 is 0 Å². The number of anilines is 2. The highest BCUT2D eigenvalue weighted by molar-refractivity contribution is 6.02. The minimum Gasteiger partial charge on any atom is -0.464 e. The van der Waals surface area contributed by atoms with Gasteiger partial charge in [-0.1, -0.05) is 0 Å². The summed E-state index contributed by atoms with van der Waals surface area (Å²) >= 11 is 0. The third kappa shape index (κ3) is 4.49. The summed E-state index contributed by atoms with van der Waals surface area (Å²) in [6.07, 6.45) is 0. The first kappa shape index (κ1) is 23.4. The molecular weight excluding hydrogens is 420 g/mol. The number of carbonyl (C=O) groups is 4. The van der Waals surface area contributed by atoms with Crippen LogP contribution in [0.25, 0.3) is 0 Å². The summed E-state index contributed by atoms with van der Waals surface area (Å²) in [6.45, 7) is 7.61. The molecule has 0 aromatic heterocycles. The average molecular weight is 448 g/mol. The second-order valence-corrected chi connectivity index (χ2v) is 7.12. The molecule has 32 heavy (non-hydrogen) atoms. The number of carbonyl (C=O) groups excluding carboxylic acids is 4. The smallest absolute Gasteiger partial charge is 0.331 e. The molecule has 4 atom stereocenters. The molecule has 10 nitrogen and oxygen atoms in total. The minimum absolute atomic E-state index is 0.205. The van der Waals surface area contributed by atoms with Crippen molar-refractivity contribution in [2.45, 2.75) is 51.9 Å². The normalized spacial score (nSPS) is 23.2. The first-order valence-electron chi connectivity index (χ1n) is 10.7. The molecule has 0 N–H and O–H groups in total. The Kier molecular flexibility index (Phi) is 7.22. The largest absolute Gasteiger partial charge is 0.464 e.